The summed E-state index contributed by atoms with van der Waals surface area (Å²) < 4.78 is 1.09. The topological polar surface area (TPSA) is 24.9 Å². The number of piperidine rings is 1. The molecule has 0 aromatic carbocycles. The molecular weight excluding hydrogens is 264 g/mol. The fourth-order valence-electron chi connectivity index (χ4n) is 2.63. The molecular formula is C13H19BrN2. The van der Waals surface area contributed by atoms with Crippen molar-refractivity contribution in [3.8, 4) is 0 Å². The highest BCUT2D eigenvalue weighted by atomic mass is 79.9. The Balaban J connectivity index is 2.23. The number of pyridine rings is 1. The molecule has 1 aromatic heterocycles. The maximum Gasteiger partial charge on any atom is 0.0410 e. The molecule has 0 aliphatic carbocycles. The molecule has 1 aromatic rings. The van der Waals surface area contributed by atoms with Crippen molar-refractivity contribution in [3.63, 3.8) is 0 Å². The van der Waals surface area contributed by atoms with Gasteiger partial charge in [-0.2, -0.15) is 0 Å². The van der Waals surface area contributed by atoms with E-state index in [0.29, 0.717) is 5.92 Å². The molecule has 0 bridgehead atoms. The average molecular weight is 283 g/mol. The summed E-state index contributed by atoms with van der Waals surface area (Å²) in [6.07, 6.45) is 5.10. The summed E-state index contributed by atoms with van der Waals surface area (Å²) in [7, 11) is 0. The molecule has 0 spiro atoms. The highest BCUT2D eigenvalue weighted by Gasteiger charge is 2.28. The molecule has 2 nitrogen and oxygen atoms in total. The standard InChI is InChI=1S/C13H19BrN2/c1-9(2)13-8-15-4-3-12(13)10-5-11(14)7-16-6-10/h5-7,9,12-13,15H,3-4,8H2,1-2H3. The van der Waals surface area contributed by atoms with Gasteiger partial charge in [0, 0.05) is 16.9 Å². The summed E-state index contributed by atoms with van der Waals surface area (Å²) in [5, 5.41) is 3.50. The second kappa shape index (κ2) is 5.28. The first kappa shape index (κ1) is 12.1. The quantitative estimate of drug-likeness (QED) is 0.901. The minimum absolute atomic E-state index is 0.659. The highest BCUT2D eigenvalue weighted by molar-refractivity contribution is 9.10. The fraction of sp³-hybridized carbons (Fsp3) is 0.615. The number of hydrogen-bond donors (Lipinski definition) is 1. The van der Waals surface area contributed by atoms with Crippen LogP contribution in [0.4, 0.5) is 0 Å². The number of hydrogen-bond acceptors (Lipinski definition) is 2. The van der Waals surface area contributed by atoms with Crippen LogP contribution >= 0.6 is 15.9 Å². The van der Waals surface area contributed by atoms with E-state index < -0.39 is 0 Å². The fourth-order valence-corrected chi connectivity index (χ4v) is 3.01. The molecule has 3 heteroatoms. The van der Waals surface area contributed by atoms with Gasteiger partial charge >= 0.3 is 0 Å². The van der Waals surface area contributed by atoms with Gasteiger partial charge < -0.3 is 5.32 Å². The Morgan fingerprint density at radius 1 is 1.44 bits per heavy atom. The third-order valence-electron chi connectivity index (χ3n) is 3.54. The van der Waals surface area contributed by atoms with Gasteiger partial charge in [0.1, 0.15) is 0 Å². The monoisotopic (exact) mass is 282 g/mol. The molecule has 0 saturated carbocycles. The summed E-state index contributed by atoms with van der Waals surface area (Å²) in [4.78, 5) is 4.29. The zero-order valence-corrected chi connectivity index (χ0v) is 11.5. The van der Waals surface area contributed by atoms with Crippen LogP contribution in [0.1, 0.15) is 31.7 Å². The normalized spacial score (nSPS) is 26.0. The first-order valence-corrected chi connectivity index (χ1v) is 6.79. The van der Waals surface area contributed by atoms with Crippen molar-refractivity contribution in [1.82, 2.24) is 10.3 Å². The average Bonchev–Trinajstić information content (AvgIpc) is 2.29. The third-order valence-corrected chi connectivity index (χ3v) is 3.97. The molecule has 88 valence electrons. The van der Waals surface area contributed by atoms with E-state index in [4.69, 9.17) is 0 Å². The molecule has 2 unspecified atom stereocenters. The molecule has 0 radical (unpaired) electrons. The van der Waals surface area contributed by atoms with Crippen LogP contribution in [0.3, 0.4) is 0 Å². The highest BCUT2D eigenvalue weighted by Crippen LogP contribution is 2.35. The van der Waals surface area contributed by atoms with E-state index in [1.165, 1.54) is 12.0 Å². The van der Waals surface area contributed by atoms with Crippen LogP contribution in [0.5, 0.6) is 0 Å². The SMILES string of the molecule is CC(C)C1CNCCC1c1cncc(Br)c1. The number of rotatable bonds is 2. The van der Waals surface area contributed by atoms with Crippen molar-refractivity contribution in [2.45, 2.75) is 26.2 Å². The zero-order chi connectivity index (χ0) is 11.5. The van der Waals surface area contributed by atoms with Crippen molar-refractivity contribution in [1.29, 1.82) is 0 Å². The van der Waals surface area contributed by atoms with Crippen LogP contribution in [0.15, 0.2) is 22.9 Å². The molecule has 2 rings (SSSR count). The van der Waals surface area contributed by atoms with Gasteiger partial charge in [-0.3, -0.25) is 4.98 Å². The van der Waals surface area contributed by atoms with E-state index in [9.17, 15) is 0 Å². The van der Waals surface area contributed by atoms with E-state index in [-0.39, 0.29) is 0 Å². The Labute approximate surface area is 106 Å². The third kappa shape index (κ3) is 2.64. The van der Waals surface area contributed by atoms with E-state index in [2.05, 4.69) is 46.1 Å². The predicted octanol–water partition coefficient (Wildman–Crippen LogP) is 3.19. The Hall–Kier alpha value is -0.410. The molecule has 1 aliphatic heterocycles. The lowest BCUT2D eigenvalue weighted by atomic mass is 9.76. The minimum Gasteiger partial charge on any atom is -0.316 e. The Kier molecular flexibility index (Phi) is 3.98. The molecule has 0 amide bonds. The van der Waals surface area contributed by atoms with E-state index in [0.717, 1.165) is 29.4 Å². The zero-order valence-electron chi connectivity index (χ0n) is 9.91. The summed E-state index contributed by atoms with van der Waals surface area (Å²) in [5.41, 5.74) is 1.38. The summed E-state index contributed by atoms with van der Waals surface area (Å²) in [6, 6.07) is 2.22. The molecule has 1 saturated heterocycles. The molecule has 2 atom stereocenters. The molecule has 1 fully saturated rings. The second-order valence-corrected chi connectivity index (χ2v) is 5.86. The smallest absolute Gasteiger partial charge is 0.0410 e. The minimum atomic E-state index is 0.659. The van der Waals surface area contributed by atoms with Crippen molar-refractivity contribution in [2.24, 2.45) is 11.8 Å². The van der Waals surface area contributed by atoms with Gasteiger partial charge in [-0.05, 0) is 64.8 Å². The van der Waals surface area contributed by atoms with Gasteiger partial charge in [-0.1, -0.05) is 13.8 Å². The van der Waals surface area contributed by atoms with E-state index >= 15 is 0 Å². The van der Waals surface area contributed by atoms with Crippen LogP contribution in [0.25, 0.3) is 0 Å². The van der Waals surface area contributed by atoms with Crippen molar-refractivity contribution < 1.29 is 0 Å². The second-order valence-electron chi connectivity index (χ2n) is 4.94. The van der Waals surface area contributed by atoms with Crippen molar-refractivity contribution >= 4 is 15.9 Å². The van der Waals surface area contributed by atoms with Crippen LogP contribution in [0, 0.1) is 11.8 Å². The van der Waals surface area contributed by atoms with Crippen LogP contribution in [0.2, 0.25) is 0 Å². The maximum atomic E-state index is 4.29. The number of halogens is 1. The Morgan fingerprint density at radius 3 is 2.94 bits per heavy atom. The van der Waals surface area contributed by atoms with Crippen molar-refractivity contribution in [3.05, 3.63) is 28.5 Å². The Morgan fingerprint density at radius 2 is 2.25 bits per heavy atom. The van der Waals surface area contributed by atoms with Gasteiger partial charge in [-0.25, -0.2) is 0 Å². The predicted molar refractivity (Wildman–Crippen MR) is 70.5 cm³/mol. The van der Waals surface area contributed by atoms with Gasteiger partial charge in [-0.15, -0.1) is 0 Å². The molecule has 1 aliphatic rings. The first-order chi connectivity index (χ1) is 7.68. The number of aromatic nitrogens is 1. The summed E-state index contributed by atoms with van der Waals surface area (Å²) in [5.74, 6) is 2.10. The van der Waals surface area contributed by atoms with Gasteiger partial charge in [0.2, 0.25) is 0 Å². The van der Waals surface area contributed by atoms with E-state index in [1.807, 2.05) is 12.4 Å². The van der Waals surface area contributed by atoms with Crippen molar-refractivity contribution in [2.75, 3.05) is 13.1 Å². The van der Waals surface area contributed by atoms with Gasteiger partial charge in [0.15, 0.2) is 0 Å². The maximum absolute atomic E-state index is 4.29. The van der Waals surface area contributed by atoms with Crippen LogP contribution in [-0.4, -0.2) is 18.1 Å². The molecule has 2 heterocycles. The lowest BCUT2D eigenvalue weighted by molar-refractivity contribution is 0.255. The number of nitrogens with one attached hydrogen (secondary N) is 1. The van der Waals surface area contributed by atoms with Gasteiger partial charge in [0.25, 0.3) is 0 Å². The van der Waals surface area contributed by atoms with Crippen LogP contribution < -0.4 is 5.32 Å². The summed E-state index contributed by atoms with van der Waals surface area (Å²) >= 11 is 3.51. The number of nitrogens with zero attached hydrogens (tertiary/aromatic N) is 1. The molecule has 16 heavy (non-hydrogen) atoms. The van der Waals surface area contributed by atoms with Crippen LogP contribution in [-0.2, 0) is 0 Å². The van der Waals surface area contributed by atoms with E-state index in [1.54, 1.807) is 0 Å². The first-order valence-electron chi connectivity index (χ1n) is 5.99. The Bertz CT molecular complexity index is 352. The lowest BCUT2D eigenvalue weighted by Gasteiger charge is -2.35. The van der Waals surface area contributed by atoms with Gasteiger partial charge in [0.05, 0.1) is 0 Å². The molecule has 1 N–H and O–H groups in total. The summed E-state index contributed by atoms with van der Waals surface area (Å²) in [6.45, 7) is 6.89. The largest absolute Gasteiger partial charge is 0.316 e. The lowest BCUT2D eigenvalue weighted by Crippen LogP contribution is -2.38.